The van der Waals surface area contributed by atoms with Gasteiger partial charge < -0.3 is 15.1 Å². The average Bonchev–Trinajstić information content (AvgIpc) is 2.64. The number of halogens is 2. The van der Waals surface area contributed by atoms with E-state index in [0.29, 0.717) is 6.04 Å². The van der Waals surface area contributed by atoms with Crippen LogP contribution < -0.4 is 10.2 Å². The molecule has 0 spiro atoms. The highest BCUT2D eigenvalue weighted by molar-refractivity contribution is 5.94. The zero-order chi connectivity index (χ0) is 17.4. The summed E-state index contributed by atoms with van der Waals surface area (Å²) in [4.78, 5) is 17.3. The molecule has 1 heterocycles. The minimum absolute atomic E-state index is 0. The van der Waals surface area contributed by atoms with Crippen LogP contribution in [0, 0.1) is 0 Å². The van der Waals surface area contributed by atoms with Gasteiger partial charge in [0.15, 0.2) is 0 Å². The Morgan fingerprint density at radius 3 is 2.19 bits per heavy atom. The van der Waals surface area contributed by atoms with Crippen LogP contribution in [0.3, 0.4) is 0 Å². The molecule has 150 valence electrons. The number of rotatable bonds is 8. The number of carbonyl (C=O) groups excluding carboxylic acids is 1. The number of nitrogens with one attached hydrogen (secondary N) is 1. The molecule has 1 aromatic rings. The average molecular weight is 404 g/mol. The van der Waals surface area contributed by atoms with E-state index in [-0.39, 0.29) is 30.7 Å². The molecule has 1 fully saturated rings. The van der Waals surface area contributed by atoms with Crippen molar-refractivity contribution in [2.75, 3.05) is 38.1 Å². The quantitative estimate of drug-likeness (QED) is 0.699. The fourth-order valence-corrected chi connectivity index (χ4v) is 3.36. The van der Waals surface area contributed by atoms with Crippen LogP contribution in [0.4, 0.5) is 5.69 Å². The van der Waals surface area contributed by atoms with Crippen LogP contribution in [0.1, 0.15) is 56.3 Å². The molecule has 1 aliphatic rings. The van der Waals surface area contributed by atoms with Crippen molar-refractivity contribution in [1.82, 2.24) is 10.2 Å². The van der Waals surface area contributed by atoms with E-state index in [1.165, 1.54) is 18.5 Å². The molecule has 0 aliphatic carbocycles. The summed E-state index contributed by atoms with van der Waals surface area (Å²) in [6.07, 6.45) is 5.51. The number of unbranched alkanes of at least 4 members (excludes halogenated alkanes) is 1. The summed E-state index contributed by atoms with van der Waals surface area (Å²) in [5.41, 5.74) is 2.00. The van der Waals surface area contributed by atoms with Gasteiger partial charge in [-0.2, -0.15) is 0 Å². The smallest absolute Gasteiger partial charge is 0.254 e. The number of amides is 1. The Morgan fingerprint density at radius 2 is 1.65 bits per heavy atom. The van der Waals surface area contributed by atoms with Crippen LogP contribution in [0.25, 0.3) is 0 Å². The number of hydrogen-bond acceptors (Lipinski definition) is 3. The summed E-state index contributed by atoms with van der Waals surface area (Å²) >= 11 is 0. The molecule has 6 heteroatoms. The lowest BCUT2D eigenvalue weighted by Crippen LogP contribution is -2.46. The molecule has 1 N–H and O–H groups in total. The molecule has 0 unspecified atom stereocenters. The molecule has 0 atom stereocenters. The second kappa shape index (κ2) is 13.2. The summed E-state index contributed by atoms with van der Waals surface area (Å²) in [5, 5.41) is 3.38. The molecule has 1 aliphatic heterocycles. The Hall–Kier alpha value is -0.970. The van der Waals surface area contributed by atoms with Crippen molar-refractivity contribution in [1.29, 1.82) is 0 Å². The van der Waals surface area contributed by atoms with Gasteiger partial charge in [-0.3, -0.25) is 4.79 Å². The summed E-state index contributed by atoms with van der Waals surface area (Å²) in [6, 6.07) is 8.52. The molecule has 2 rings (SSSR count). The van der Waals surface area contributed by atoms with Gasteiger partial charge >= 0.3 is 0 Å². The first kappa shape index (κ1) is 25.0. The number of nitrogens with zero attached hydrogens (tertiary/aromatic N) is 2. The Labute approximate surface area is 171 Å². The monoisotopic (exact) mass is 403 g/mol. The normalized spacial score (nSPS) is 14.1. The van der Waals surface area contributed by atoms with Gasteiger partial charge in [-0.1, -0.05) is 20.3 Å². The van der Waals surface area contributed by atoms with Gasteiger partial charge in [-0.15, -0.1) is 24.8 Å². The molecule has 0 radical (unpaired) electrons. The maximum Gasteiger partial charge on any atom is 0.254 e. The van der Waals surface area contributed by atoms with Crippen molar-refractivity contribution in [2.45, 2.75) is 52.0 Å². The molecule has 1 amide bonds. The Kier molecular flexibility index (Phi) is 12.7. The Morgan fingerprint density at radius 1 is 1.04 bits per heavy atom. The van der Waals surface area contributed by atoms with Crippen molar-refractivity contribution in [2.24, 2.45) is 0 Å². The number of anilines is 1. The first-order valence-corrected chi connectivity index (χ1v) is 9.50. The zero-order valence-corrected chi connectivity index (χ0v) is 18.0. The van der Waals surface area contributed by atoms with E-state index in [1.54, 1.807) is 0 Å². The van der Waals surface area contributed by atoms with E-state index >= 15 is 0 Å². The van der Waals surface area contributed by atoms with Gasteiger partial charge in [-0.25, -0.2) is 0 Å². The molecule has 0 bridgehead atoms. The third-order valence-corrected chi connectivity index (χ3v) is 4.88. The molecule has 1 saturated heterocycles. The van der Waals surface area contributed by atoms with Crippen molar-refractivity contribution in [3.63, 3.8) is 0 Å². The highest BCUT2D eigenvalue weighted by Crippen LogP contribution is 2.19. The van der Waals surface area contributed by atoms with Crippen molar-refractivity contribution in [3.8, 4) is 0 Å². The van der Waals surface area contributed by atoms with Gasteiger partial charge in [0.2, 0.25) is 0 Å². The van der Waals surface area contributed by atoms with Gasteiger partial charge in [0.05, 0.1) is 0 Å². The maximum atomic E-state index is 13.0. The summed E-state index contributed by atoms with van der Waals surface area (Å²) in [5.74, 6) is 0.187. The van der Waals surface area contributed by atoms with Gasteiger partial charge in [0.1, 0.15) is 0 Å². The molecule has 4 nitrogen and oxygen atoms in total. The van der Waals surface area contributed by atoms with Crippen molar-refractivity contribution in [3.05, 3.63) is 29.8 Å². The van der Waals surface area contributed by atoms with E-state index in [9.17, 15) is 4.79 Å². The van der Waals surface area contributed by atoms with Gasteiger partial charge in [0.25, 0.3) is 5.91 Å². The van der Waals surface area contributed by atoms with E-state index in [0.717, 1.165) is 51.0 Å². The van der Waals surface area contributed by atoms with E-state index < -0.39 is 0 Å². The van der Waals surface area contributed by atoms with E-state index in [1.807, 2.05) is 12.1 Å². The molecule has 0 saturated carbocycles. The number of benzene rings is 1. The van der Waals surface area contributed by atoms with Crippen LogP contribution in [-0.4, -0.2) is 50.1 Å². The minimum Gasteiger partial charge on any atom is -0.375 e. The lowest BCUT2D eigenvalue weighted by Gasteiger charge is -2.34. The highest BCUT2D eigenvalue weighted by atomic mass is 35.5. The first-order chi connectivity index (χ1) is 11.7. The standard InChI is InChI=1S/C20H33N3O.2ClH/c1-4-6-16-22(3)18-9-7-17(8-10-18)20(24)23(15-5-2)19-11-13-21-14-12-19;;/h7-10,19,21H,4-6,11-16H2,1-3H3;2*1H. The topological polar surface area (TPSA) is 35.6 Å². The summed E-state index contributed by atoms with van der Waals surface area (Å²) < 4.78 is 0. The SMILES string of the molecule is CCCCN(C)c1ccc(C(=O)N(CCC)C2CCNCC2)cc1.Cl.Cl. The fourth-order valence-electron chi connectivity index (χ4n) is 3.36. The largest absolute Gasteiger partial charge is 0.375 e. The second-order valence-corrected chi connectivity index (χ2v) is 6.80. The van der Waals surface area contributed by atoms with Gasteiger partial charge in [0, 0.05) is 37.4 Å². The van der Waals surface area contributed by atoms with Gasteiger partial charge in [-0.05, 0) is 63.0 Å². The molecule has 26 heavy (non-hydrogen) atoms. The first-order valence-electron chi connectivity index (χ1n) is 9.50. The van der Waals surface area contributed by atoms with E-state index in [4.69, 9.17) is 0 Å². The maximum absolute atomic E-state index is 13.0. The second-order valence-electron chi connectivity index (χ2n) is 6.80. The molecule has 0 aromatic heterocycles. The number of hydrogen-bond donors (Lipinski definition) is 1. The zero-order valence-electron chi connectivity index (χ0n) is 16.4. The van der Waals surface area contributed by atoms with Crippen LogP contribution in [0.2, 0.25) is 0 Å². The van der Waals surface area contributed by atoms with E-state index in [2.05, 4.69) is 48.1 Å². The minimum atomic E-state index is 0. The Bertz CT molecular complexity index is 504. The third-order valence-electron chi connectivity index (χ3n) is 4.88. The highest BCUT2D eigenvalue weighted by Gasteiger charge is 2.25. The fraction of sp³-hybridized carbons (Fsp3) is 0.650. The lowest BCUT2D eigenvalue weighted by atomic mass is 10.0. The van der Waals surface area contributed by atoms with Crippen LogP contribution in [-0.2, 0) is 0 Å². The van der Waals surface area contributed by atoms with Crippen LogP contribution in [0.5, 0.6) is 0 Å². The van der Waals surface area contributed by atoms with Crippen molar-refractivity contribution >= 4 is 36.4 Å². The molecular formula is C20H35Cl2N3O. The Balaban J connectivity index is 0.00000312. The number of carbonyl (C=O) groups is 1. The predicted molar refractivity (Wildman–Crippen MR) is 116 cm³/mol. The van der Waals surface area contributed by atoms with Crippen LogP contribution >= 0.6 is 24.8 Å². The molecular weight excluding hydrogens is 369 g/mol. The van der Waals surface area contributed by atoms with Crippen molar-refractivity contribution < 1.29 is 4.79 Å². The lowest BCUT2D eigenvalue weighted by molar-refractivity contribution is 0.0642. The summed E-state index contributed by atoms with van der Waals surface area (Å²) in [6.45, 7) is 8.28. The third kappa shape index (κ3) is 6.98. The van der Waals surface area contributed by atoms with Crippen LogP contribution in [0.15, 0.2) is 24.3 Å². The summed E-state index contributed by atoms with van der Waals surface area (Å²) in [7, 11) is 2.12. The predicted octanol–water partition coefficient (Wildman–Crippen LogP) is 4.37. The number of piperidine rings is 1. The molecule has 1 aromatic carbocycles.